The average molecular weight is 144 g/mol. The minimum Gasteiger partial charge on any atom is -0.307 e. The third kappa shape index (κ3) is 6.38. The van der Waals surface area contributed by atoms with Gasteiger partial charge in [0.05, 0.1) is 0 Å². The molecule has 0 spiro atoms. The van der Waals surface area contributed by atoms with E-state index in [0.29, 0.717) is 0 Å². The first kappa shape index (κ1) is 7.38. The molecular weight excluding hydrogens is 140 g/mol. The van der Waals surface area contributed by atoms with E-state index in [-0.39, 0.29) is 18.3 Å². The van der Waals surface area contributed by atoms with E-state index in [2.05, 4.69) is 4.18 Å². The van der Waals surface area contributed by atoms with Crippen molar-refractivity contribution in [3.8, 4) is 0 Å². The Morgan fingerprint density at radius 2 is 2.43 bits per heavy atom. The van der Waals surface area contributed by atoms with Crippen LogP contribution < -0.4 is 0 Å². The first-order valence-corrected chi connectivity index (χ1v) is 3.25. The summed E-state index contributed by atoms with van der Waals surface area (Å²) in [4.78, 5) is 0. The topological polar surface area (TPSA) is 66.8 Å². The molecule has 0 fully saturated rings. The Balaban J connectivity index is 2.82. The zero-order valence-electron chi connectivity index (χ0n) is 3.23. The highest BCUT2D eigenvalue weighted by atomic mass is 32.2. The lowest BCUT2D eigenvalue weighted by Gasteiger charge is -1.87. The van der Waals surface area contributed by atoms with E-state index >= 15 is 0 Å². The van der Waals surface area contributed by atoms with Gasteiger partial charge in [-0.2, -0.15) is 0 Å². The van der Waals surface area contributed by atoms with E-state index in [1.54, 1.807) is 0 Å². The Kier molecular flexibility index (Phi) is 4.78. The molecule has 0 radical (unpaired) electrons. The van der Waals surface area contributed by atoms with Gasteiger partial charge in [-0.3, -0.25) is 4.18 Å². The zero-order valence-corrected chi connectivity index (χ0v) is 4.87. The molecule has 0 aromatic heterocycles. The lowest BCUT2D eigenvalue weighted by atomic mass is 11.7. The van der Waals surface area contributed by atoms with E-state index in [1.807, 2.05) is 0 Å². The predicted molar refractivity (Wildman–Crippen MR) is 26.9 cm³/mol. The SMILES string of the molecule is O=S(O)COSO. The van der Waals surface area contributed by atoms with Crippen molar-refractivity contribution < 1.29 is 17.5 Å². The standard InChI is InChI=1S/CH4O4S2/c2-6-5-1-7(3)4/h2H,1H2,(H,3,4). The minimum atomic E-state index is -1.97. The van der Waals surface area contributed by atoms with E-state index in [9.17, 15) is 4.21 Å². The van der Waals surface area contributed by atoms with Gasteiger partial charge in [0.15, 0.2) is 29.3 Å². The third-order valence-corrected chi connectivity index (χ3v) is 0.894. The summed E-state index contributed by atoms with van der Waals surface area (Å²) in [6.07, 6.45) is 0. The molecule has 44 valence electrons. The molecule has 0 aliphatic heterocycles. The van der Waals surface area contributed by atoms with Crippen LogP contribution >= 0.6 is 12.3 Å². The summed E-state index contributed by atoms with van der Waals surface area (Å²) < 4.78 is 29.3. The average Bonchev–Trinajstić information content (AvgIpc) is 1.61. The van der Waals surface area contributed by atoms with E-state index < -0.39 is 11.1 Å². The molecule has 1 unspecified atom stereocenters. The third-order valence-electron chi connectivity index (χ3n) is 0.202. The lowest BCUT2D eigenvalue weighted by molar-refractivity contribution is 0.394. The minimum absolute atomic E-state index is 0.0769. The Morgan fingerprint density at radius 3 is 2.57 bits per heavy atom. The summed E-state index contributed by atoms with van der Waals surface area (Å²) >= 11 is -1.89. The molecule has 0 aromatic carbocycles. The van der Waals surface area contributed by atoms with E-state index in [4.69, 9.17) is 9.11 Å². The molecule has 0 aliphatic carbocycles. The van der Waals surface area contributed by atoms with Crippen LogP contribution in [0.1, 0.15) is 0 Å². The van der Waals surface area contributed by atoms with Crippen LogP contribution in [0.3, 0.4) is 0 Å². The van der Waals surface area contributed by atoms with Crippen LogP contribution in [0, 0.1) is 0 Å². The first-order valence-electron chi connectivity index (χ1n) is 1.28. The highest BCUT2D eigenvalue weighted by Crippen LogP contribution is 1.92. The number of rotatable bonds is 3. The predicted octanol–water partition coefficient (Wildman–Crippen LogP) is 0.303. The van der Waals surface area contributed by atoms with Gasteiger partial charge in [-0.1, -0.05) is 0 Å². The van der Waals surface area contributed by atoms with Crippen molar-refractivity contribution in [2.45, 2.75) is 0 Å². The van der Waals surface area contributed by atoms with Gasteiger partial charge in [-0.15, -0.1) is 0 Å². The van der Waals surface area contributed by atoms with Crippen molar-refractivity contribution >= 4 is 23.4 Å². The molecule has 6 heteroatoms. The summed E-state index contributed by atoms with van der Waals surface area (Å²) in [6, 6.07) is 0. The summed E-state index contributed by atoms with van der Waals surface area (Å²) in [5, 5.41) is 0. The van der Waals surface area contributed by atoms with Crippen molar-refractivity contribution in [2.75, 3.05) is 5.94 Å². The first-order chi connectivity index (χ1) is 3.27. The highest BCUT2D eigenvalue weighted by molar-refractivity contribution is 7.89. The van der Waals surface area contributed by atoms with E-state index in [1.165, 1.54) is 0 Å². The second-order valence-electron chi connectivity index (χ2n) is 0.632. The maximum Gasteiger partial charge on any atom is 0.181 e. The van der Waals surface area contributed by atoms with Gasteiger partial charge in [-0.05, 0) is 0 Å². The molecule has 0 saturated heterocycles. The normalized spacial score (nSPS) is 14.0. The molecule has 0 aliphatic rings. The molecule has 0 rings (SSSR count). The maximum atomic E-state index is 9.62. The van der Waals surface area contributed by atoms with Gasteiger partial charge in [0, 0.05) is 0 Å². The van der Waals surface area contributed by atoms with Crippen molar-refractivity contribution in [3.05, 3.63) is 0 Å². The molecule has 0 saturated carbocycles. The number of hydrogen-bond donors (Lipinski definition) is 2. The summed E-state index contributed by atoms with van der Waals surface area (Å²) in [6.45, 7) is 0. The fourth-order valence-electron chi connectivity index (χ4n) is 0.0627. The second kappa shape index (κ2) is 4.54. The van der Waals surface area contributed by atoms with Crippen molar-refractivity contribution in [1.82, 2.24) is 0 Å². The summed E-state index contributed by atoms with van der Waals surface area (Å²) in [7, 11) is 0. The largest absolute Gasteiger partial charge is 0.307 e. The zero-order chi connectivity index (χ0) is 5.70. The Bertz CT molecular complexity index is 62.7. The van der Waals surface area contributed by atoms with Gasteiger partial charge in [-0.25, -0.2) is 4.21 Å². The summed E-state index contributed by atoms with van der Waals surface area (Å²) in [5.41, 5.74) is 0. The smallest absolute Gasteiger partial charge is 0.181 e. The summed E-state index contributed by atoms with van der Waals surface area (Å²) in [5.74, 6) is -0.360. The lowest BCUT2D eigenvalue weighted by Crippen LogP contribution is -1.93. The van der Waals surface area contributed by atoms with Gasteiger partial charge >= 0.3 is 0 Å². The van der Waals surface area contributed by atoms with Gasteiger partial charge in [0.25, 0.3) is 0 Å². The van der Waals surface area contributed by atoms with Crippen LogP contribution in [0.15, 0.2) is 0 Å². The molecular formula is CH4O4S2. The van der Waals surface area contributed by atoms with Crippen LogP contribution in [0.25, 0.3) is 0 Å². The molecule has 7 heavy (non-hydrogen) atoms. The van der Waals surface area contributed by atoms with Gasteiger partial charge < -0.3 is 9.11 Å². The molecule has 1 atom stereocenters. The van der Waals surface area contributed by atoms with Crippen molar-refractivity contribution in [3.63, 3.8) is 0 Å². The molecule has 0 bridgehead atoms. The monoisotopic (exact) mass is 144 g/mol. The van der Waals surface area contributed by atoms with Crippen LogP contribution in [-0.4, -0.2) is 19.3 Å². The molecule has 0 heterocycles. The quantitative estimate of drug-likeness (QED) is 0.440. The fourth-order valence-corrected chi connectivity index (χ4v) is 0.564. The Morgan fingerprint density at radius 1 is 1.86 bits per heavy atom. The Hall–Kier alpha value is 0.380. The van der Waals surface area contributed by atoms with Crippen molar-refractivity contribution in [1.29, 1.82) is 0 Å². The second-order valence-corrected chi connectivity index (χ2v) is 1.90. The number of hydrogen-bond acceptors (Lipinski definition) is 4. The highest BCUT2D eigenvalue weighted by Gasteiger charge is 1.89. The van der Waals surface area contributed by atoms with Crippen LogP contribution in [0.2, 0.25) is 0 Å². The fraction of sp³-hybridized carbons (Fsp3) is 1.00. The molecule has 0 aromatic rings. The van der Waals surface area contributed by atoms with Crippen LogP contribution in [0.5, 0.6) is 0 Å². The van der Waals surface area contributed by atoms with Crippen LogP contribution in [0.4, 0.5) is 0 Å². The van der Waals surface area contributed by atoms with Gasteiger partial charge in [0.1, 0.15) is 0 Å². The van der Waals surface area contributed by atoms with Crippen LogP contribution in [-0.2, 0) is 15.3 Å². The van der Waals surface area contributed by atoms with Gasteiger partial charge in [0.2, 0.25) is 0 Å². The molecule has 4 nitrogen and oxygen atoms in total. The van der Waals surface area contributed by atoms with E-state index in [0.717, 1.165) is 0 Å². The van der Waals surface area contributed by atoms with Crippen molar-refractivity contribution in [2.24, 2.45) is 0 Å². The Labute approximate surface area is 47.6 Å². The molecule has 0 amide bonds. The maximum absolute atomic E-state index is 9.62. The molecule has 2 N–H and O–H groups in total.